The fourth-order valence-corrected chi connectivity index (χ4v) is 6.79. The van der Waals surface area contributed by atoms with Gasteiger partial charge in [-0.3, -0.25) is 9.40 Å². The van der Waals surface area contributed by atoms with Crippen LogP contribution in [-0.4, -0.2) is 30.1 Å². The minimum absolute atomic E-state index is 0.0942. The van der Waals surface area contributed by atoms with Crippen molar-refractivity contribution in [1.29, 1.82) is 0 Å². The second-order valence-electron chi connectivity index (χ2n) is 9.36. The lowest BCUT2D eigenvalue weighted by atomic mass is 9.86. The Bertz CT molecular complexity index is 1480. The van der Waals surface area contributed by atoms with Gasteiger partial charge in [-0.25, -0.2) is 12.8 Å². The van der Waals surface area contributed by atoms with Crippen molar-refractivity contribution in [3.8, 4) is 11.4 Å². The summed E-state index contributed by atoms with van der Waals surface area (Å²) in [6.07, 6.45) is 4.82. The van der Waals surface area contributed by atoms with Crippen molar-refractivity contribution >= 4 is 26.6 Å². The lowest BCUT2D eigenvalue weighted by Gasteiger charge is -2.22. The van der Waals surface area contributed by atoms with Crippen molar-refractivity contribution < 1.29 is 12.8 Å². The van der Waals surface area contributed by atoms with E-state index in [1.165, 1.54) is 39.7 Å². The number of aromatic nitrogens is 3. The Morgan fingerprint density at radius 3 is 2.69 bits per heavy atom. The monoisotopic (exact) mass is 450 g/mol. The first-order valence-corrected chi connectivity index (χ1v) is 12.2. The Morgan fingerprint density at radius 1 is 1.12 bits per heavy atom. The molecule has 8 heteroatoms. The SMILES string of the molecule is CC1(C)CN(S(=O)(=O)c2ccc(F)cc2)c2cc3c4c([nH]c3cc21)-c1n[nH]cc1CCC4. The molecule has 6 nitrogen and oxygen atoms in total. The van der Waals surface area contributed by atoms with Crippen molar-refractivity contribution in [2.45, 2.75) is 43.4 Å². The number of sulfonamides is 1. The van der Waals surface area contributed by atoms with E-state index < -0.39 is 15.8 Å². The molecule has 1 aliphatic heterocycles. The molecule has 6 rings (SSSR count). The second-order valence-corrected chi connectivity index (χ2v) is 11.2. The smallest absolute Gasteiger partial charge is 0.264 e. The first-order valence-electron chi connectivity index (χ1n) is 10.8. The predicted molar refractivity (Wildman–Crippen MR) is 122 cm³/mol. The van der Waals surface area contributed by atoms with Crippen LogP contribution < -0.4 is 4.31 Å². The lowest BCUT2D eigenvalue weighted by Crippen LogP contribution is -2.34. The maximum absolute atomic E-state index is 13.5. The number of aromatic amines is 2. The molecule has 0 saturated heterocycles. The van der Waals surface area contributed by atoms with Crippen LogP contribution in [0.5, 0.6) is 0 Å². The van der Waals surface area contributed by atoms with Gasteiger partial charge in [0.25, 0.3) is 10.0 Å². The van der Waals surface area contributed by atoms with Crippen LogP contribution in [0.15, 0.2) is 47.5 Å². The highest BCUT2D eigenvalue weighted by atomic mass is 32.2. The molecule has 3 heterocycles. The Morgan fingerprint density at radius 2 is 1.91 bits per heavy atom. The number of nitrogens with one attached hydrogen (secondary N) is 2. The number of aryl methyl sites for hydroxylation is 2. The van der Waals surface area contributed by atoms with Crippen molar-refractivity contribution in [2.75, 3.05) is 10.8 Å². The van der Waals surface area contributed by atoms with Crippen LogP contribution in [0.25, 0.3) is 22.3 Å². The quantitative estimate of drug-likeness (QED) is 0.466. The molecule has 0 spiro atoms. The molecule has 0 amide bonds. The number of hydrogen-bond donors (Lipinski definition) is 2. The van der Waals surface area contributed by atoms with Crippen LogP contribution in [0.2, 0.25) is 0 Å². The summed E-state index contributed by atoms with van der Waals surface area (Å²) in [5.74, 6) is -0.458. The molecule has 0 bridgehead atoms. The van der Waals surface area contributed by atoms with Gasteiger partial charge in [-0.1, -0.05) is 13.8 Å². The van der Waals surface area contributed by atoms with E-state index in [-0.39, 0.29) is 10.3 Å². The molecule has 0 radical (unpaired) electrons. The Labute approximate surface area is 185 Å². The summed E-state index contributed by atoms with van der Waals surface area (Å²) >= 11 is 0. The van der Waals surface area contributed by atoms with E-state index in [4.69, 9.17) is 0 Å². The molecule has 2 N–H and O–H groups in total. The van der Waals surface area contributed by atoms with Gasteiger partial charge in [0.2, 0.25) is 0 Å². The summed E-state index contributed by atoms with van der Waals surface area (Å²) < 4.78 is 41.9. The Balaban J connectivity index is 1.56. The number of nitrogens with zero attached hydrogens (tertiary/aromatic N) is 2. The maximum atomic E-state index is 13.5. The van der Waals surface area contributed by atoms with Crippen molar-refractivity contribution in [3.05, 3.63) is 65.1 Å². The minimum atomic E-state index is -3.82. The number of halogens is 1. The average molecular weight is 451 g/mol. The first-order chi connectivity index (χ1) is 15.3. The van der Waals surface area contributed by atoms with Crippen LogP contribution >= 0.6 is 0 Å². The van der Waals surface area contributed by atoms with Crippen LogP contribution in [0.1, 0.15) is 37.0 Å². The summed E-state index contributed by atoms with van der Waals surface area (Å²) in [4.78, 5) is 3.66. The lowest BCUT2D eigenvalue weighted by molar-refractivity contribution is 0.554. The summed E-state index contributed by atoms with van der Waals surface area (Å²) in [7, 11) is -3.82. The van der Waals surface area contributed by atoms with Crippen LogP contribution in [0, 0.1) is 5.82 Å². The third-order valence-corrected chi connectivity index (χ3v) is 8.56. The zero-order valence-electron chi connectivity index (χ0n) is 17.9. The summed E-state index contributed by atoms with van der Waals surface area (Å²) in [5.41, 5.74) is 6.65. The second kappa shape index (κ2) is 6.45. The van der Waals surface area contributed by atoms with Crippen LogP contribution in [-0.2, 0) is 28.3 Å². The fourth-order valence-electron chi connectivity index (χ4n) is 5.15. The van der Waals surface area contributed by atoms with E-state index in [2.05, 4.69) is 35.1 Å². The molecule has 4 aromatic rings. The normalized spacial score (nSPS) is 17.2. The third kappa shape index (κ3) is 2.68. The number of rotatable bonds is 2. The number of anilines is 1. The number of fused-ring (bicyclic) bond motifs is 6. The average Bonchev–Trinajstić information content (AvgIpc) is 3.39. The molecule has 0 unspecified atom stereocenters. The summed E-state index contributed by atoms with van der Waals surface area (Å²) in [6.45, 7) is 4.44. The van der Waals surface area contributed by atoms with Crippen LogP contribution in [0.3, 0.4) is 0 Å². The van der Waals surface area contributed by atoms with E-state index in [0.717, 1.165) is 47.1 Å². The highest BCUT2D eigenvalue weighted by molar-refractivity contribution is 7.92. The van der Waals surface area contributed by atoms with Gasteiger partial charge < -0.3 is 4.98 Å². The summed E-state index contributed by atoms with van der Waals surface area (Å²) in [6, 6.07) is 9.13. The molecule has 0 saturated carbocycles. The minimum Gasteiger partial charge on any atom is -0.353 e. The predicted octanol–water partition coefficient (Wildman–Crippen LogP) is 4.67. The van der Waals surface area contributed by atoms with Crippen molar-refractivity contribution in [1.82, 2.24) is 15.2 Å². The van der Waals surface area contributed by atoms with Gasteiger partial charge in [0, 0.05) is 29.1 Å². The van der Waals surface area contributed by atoms with Gasteiger partial charge in [0.15, 0.2) is 0 Å². The molecule has 2 aliphatic rings. The Hall–Kier alpha value is -3.13. The third-order valence-electron chi connectivity index (χ3n) is 6.79. The van der Waals surface area contributed by atoms with Crippen LogP contribution in [0.4, 0.5) is 10.1 Å². The van der Waals surface area contributed by atoms with E-state index in [1.54, 1.807) is 0 Å². The molecule has 2 aromatic carbocycles. The highest BCUT2D eigenvalue weighted by Gasteiger charge is 2.42. The molecule has 2 aromatic heterocycles. The maximum Gasteiger partial charge on any atom is 0.264 e. The van der Waals surface area contributed by atoms with E-state index in [1.807, 2.05) is 12.3 Å². The standard InChI is InChI=1S/C24H23FN4O2S/c1-24(2)13-29(32(30,31)16-8-6-15(25)7-9-16)21-10-18-17-5-3-4-14-12-26-28-22(14)23(17)27-20(18)11-19(21)24/h6-12,27H,3-5,13H2,1-2H3,(H,26,28). The number of hydrogen-bond acceptors (Lipinski definition) is 3. The largest absolute Gasteiger partial charge is 0.353 e. The van der Waals surface area contributed by atoms with E-state index >= 15 is 0 Å². The fraction of sp³-hybridized carbons (Fsp3) is 0.292. The van der Waals surface area contributed by atoms with Crippen molar-refractivity contribution in [2.24, 2.45) is 0 Å². The zero-order valence-corrected chi connectivity index (χ0v) is 18.7. The van der Waals surface area contributed by atoms with Gasteiger partial charge in [-0.15, -0.1) is 0 Å². The van der Waals surface area contributed by atoms with E-state index in [9.17, 15) is 12.8 Å². The topological polar surface area (TPSA) is 81.8 Å². The molecule has 1 aliphatic carbocycles. The first kappa shape index (κ1) is 19.5. The van der Waals surface area contributed by atoms with Gasteiger partial charge in [0.1, 0.15) is 11.5 Å². The zero-order chi connectivity index (χ0) is 22.3. The number of H-pyrrole nitrogens is 2. The molecule has 0 atom stereocenters. The van der Waals surface area contributed by atoms with Gasteiger partial charge >= 0.3 is 0 Å². The molecule has 164 valence electrons. The van der Waals surface area contributed by atoms with Gasteiger partial charge in [-0.05, 0) is 72.4 Å². The Kier molecular flexibility index (Phi) is 3.94. The highest BCUT2D eigenvalue weighted by Crippen LogP contribution is 2.47. The van der Waals surface area contributed by atoms with Crippen molar-refractivity contribution in [3.63, 3.8) is 0 Å². The number of benzene rings is 2. The molecular weight excluding hydrogens is 427 g/mol. The van der Waals surface area contributed by atoms with Gasteiger partial charge in [0.05, 0.1) is 16.3 Å². The molecular formula is C24H23FN4O2S. The summed E-state index contributed by atoms with van der Waals surface area (Å²) in [5, 5.41) is 8.48. The van der Waals surface area contributed by atoms with Gasteiger partial charge in [-0.2, -0.15) is 5.10 Å². The van der Waals surface area contributed by atoms with E-state index in [0.29, 0.717) is 12.2 Å². The molecule has 0 fully saturated rings. The molecule has 32 heavy (non-hydrogen) atoms.